The van der Waals surface area contributed by atoms with Gasteiger partial charge < -0.3 is 14.8 Å². The number of benzene rings is 3. The summed E-state index contributed by atoms with van der Waals surface area (Å²) >= 11 is 0. The fraction of sp³-hybridized carbons (Fsp3) is 0.208. The molecule has 0 spiro atoms. The van der Waals surface area contributed by atoms with Crippen molar-refractivity contribution < 1.29 is 22.7 Å². The lowest BCUT2D eigenvalue weighted by Gasteiger charge is -2.10. The van der Waals surface area contributed by atoms with E-state index in [0.29, 0.717) is 36.8 Å². The molecule has 0 saturated carbocycles. The van der Waals surface area contributed by atoms with Crippen molar-refractivity contribution in [1.82, 2.24) is 4.72 Å². The second-order valence-corrected chi connectivity index (χ2v) is 8.77. The van der Waals surface area contributed by atoms with Crippen LogP contribution < -0.4 is 19.5 Å². The highest BCUT2D eigenvalue weighted by Gasteiger charge is 2.13. The summed E-state index contributed by atoms with van der Waals surface area (Å²) in [6.45, 7) is 2.53. The van der Waals surface area contributed by atoms with E-state index in [1.54, 1.807) is 24.3 Å². The lowest BCUT2D eigenvalue weighted by atomic mass is 10.2. The molecule has 0 bridgehead atoms. The Hall–Kier alpha value is -3.36. The molecule has 0 aliphatic carbocycles. The number of hydrogen-bond acceptors (Lipinski definition) is 5. The Kier molecular flexibility index (Phi) is 8.24. The van der Waals surface area contributed by atoms with Crippen LogP contribution in [-0.2, 0) is 21.4 Å². The van der Waals surface area contributed by atoms with Crippen LogP contribution in [0.1, 0.15) is 18.9 Å². The van der Waals surface area contributed by atoms with Gasteiger partial charge in [-0.15, -0.1) is 0 Å². The van der Waals surface area contributed by atoms with Gasteiger partial charge in [0.05, 0.1) is 4.90 Å². The molecule has 3 aromatic carbocycles. The zero-order chi connectivity index (χ0) is 22.8. The maximum Gasteiger partial charge on any atom is 0.262 e. The Morgan fingerprint density at radius 3 is 2.12 bits per heavy atom. The van der Waals surface area contributed by atoms with E-state index >= 15 is 0 Å². The summed E-state index contributed by atoms with van der Waals surface area (Å²) < 4.78 is 37.8. The molecule has 0 heterocycles. The Balaban J connectivity index is 1.45. The van der Waals surface area contributed by atoms with Crippen molar-refractivity contribution in [3.8, 4) is 11.5 Å². The summed E-state index contributed by atoms with van der Waals surface area (Å²) in [7, 11) is -3.53. The summed E-state index contributed by atoms with van der Waals surface area (Å²) in [5, 5.41) is 2.75. The Labute approximate surface area is 188 Å². The quantitative estimate of drug-likeness (QED) is 0.457. The first kappa shape index (κ1) is 23.3. The van der Waals surface area contributed by atoms with Gasteiger partial charge in [0.1, 0.15) is 18.1 Å². The van der Waals surface area contributed by atoms with Crippen molar-refractivity contribution in [1.29, 1.82) is 0 Å². The summed E-state index contributed by atoms with van der Waals surface area (Å²) in [5.74, 6) is 0.773. The molecule has 32 heavy (non-hydrogen) atoms. The van der Waals surface area contributed by atoms with E-state index in [2.05, 4.69) is 10.0 Å². The van der Waals surface area contributed by atoms with Gasteiger partial charge in [0.2, 0.25) is 10.0 Å². The van der Waals surface area contributed by atoms with Crippen molar-refractivity contribution in [2.45, 2.75) is 24.8 Å². The first-order valence-corrected chi connectivity index (χ1v) is 11.7. The highest BCUT2D eigenvalue weighted by atomic mass is 32.2. The number of amides is 1. The van der Waals surface area contributed by atoms with Crippen LogP contribution in [0.25, 0.3) is 0 Å². The topological polar surface area (TPSA) is 93.7 Å². The van der Waals surface area contributed by atoms with Crippen LogP contribution in [-0.4, -0.2) is 27.5 Å². The minimum atomic E-state index is -3.53. The van der Waals surface area contributed by atoms with E-state index in [0.717, 1.165) is 5.56 Å². The standard InChI is InChI=1S/C24H26N2O5S/c1-2-16-25-32(28,29)23-14-12-22(13-15-23)31-18-24(27)26-20-8-10-21(11-9-20)30-17-19-6-4-3-5-7-19/h3-15,25H,2,16-18H2,1H3,(H,26,27). The highest BCUT2D eigenvalue weighted by Crippen LogP contribution is 2.18. The SMILES string of the molecule is CCCNS(=O)(=O)c1ccc(OCC(=O)Nc2ccc(OCc3ccccc3)cc2)cc1. The zero-order valence-electron chi connectivity index (χ0n) is 17.8. The number of sulfonamides is 1. The lowest BCUT2D eigenvalue weighted by Crippen LogP contribution is -2.24. The van der Waals surface area contributed by atoms with Crippen molar-refractivity contribution in [3.05, 3.63) is 84.4 Å². The molecular weight excluding hydrogens is 428 g/mol. The predicted octanol–water partition coefficient (Wildman–Crippen LogP) is 3.97. The number of carbonyl (C=O) groups excluding carboxylic acids is 1. The molecule has 0 aliphatic rings. The fourth-order valence-corrected chi connectivity index (χ4v) is 3.89. The number of nitrogens with one attached hydrogen (secondary N) is 2. The van der Waals surface area contributed by atoms with Gasteiger partial charge in [0.25, 0.3) is 5.91 Å². The molecule has 0 radical (unpaired) electrons. The Morgan fingerprint density at radius 2 is 1.47 bits per heavy atom. The van der Waals surface area contributed by atoms with Crippen LogP contribution >= 0.6 is 0 Å². The van der Waals surface area contributed by atoms with E-state index in [1.165, 1.54) is 24.3 Å². The molecule has 3 aromatic rings. The van der Waals surface area contributed by atoms with Crippen molar-refractivity contribution in [2.75, 3.05) is 18.5 Å². The van der Waals surface area contributed by atoms with Gasteiger partial charge in [-0.05, 0) is 60.5 Å². The Morgan fingerprint density at radius 1 is 0.844 bits per heavy atom. The van der Waals surface area contributed by atoms with E-state index < -0.39 is 10.0 Å². The summed E-state index contributed by atoms with van der Waals surface area (Å²) in [5.41, 5.74) is 1.69. The zero-order valence-corrected chi connectivity index (χ0v) is 18.6. The van der Waals surface area contributed by atoms with Gasteiger partial charge in [-0.25, -0.2) is 13.1 Å². The summed E-state index contributed by atoms with van der Waals surface area (Å²) in [6.07, 6.45) is 0.707. The van der Waals surface area contributed by atoms with Crippen molar-refractivity contribution in [3.63, 3.8) is 0 Å². The third-order valence-electron chi connectivity index (χ3n) is 4.43. The average molecular weight is 455 g/mol. The number of anilines is 1. The van der Waals surface area contributed by atoms with Crippen LogP contribution in [0.15, 0.2) is 83.8 Å². The monoisotopic (exact) mass is 454 g/mol. The second kappa shape index (κ2) is 11.3. The first-order chi connectivity index (χ1) is 15.5. The third kappa shape index (κ3) is 7.11. The molecule has 3 rings (SSSR count). The summed E-state index contributed by atoms with van der Waals surface area (Å²) in [4.78, 5) is 12.3. The third-order valence-corrected chi connectivity index (χ3v) is 5.91. The molecule has 0 atom stereocenters. The molecule has 8 heteroatoms. The number of hydrogen-bond donors (Lipinski definition) is 2. The molecule has 0 saturated heterocycles. The van der Waals surface area contributed by atoms with Gasteiger partial charge in [-0.3, -0.25) is 4.79 Å². The van der Waals surface area contributed by atoms with Gasteiger partial charge >= 0.3 is 0 Å². The molecule has 0 fully saturated rings. The van der Waals surface area contributed by atoms with E-state index in [1.807, 2.05) is 37.3 Å². The van der Waals surface area contributed by atoms with Gasteiger partial charge in [0.15, 0.2) is 6.61 Å². The largest absolute Gasteiger partial charge is 0.489 e. The number of carbonyl (C=O) groups is 1. The van der Waals surface area contributed by atoms with Crippen molar-refractivity contribution >= 4 is 21.6 Å². The van der Waals surface area contributed by atoms with Gasteiger partial charge in [-0.1, -0.05) is 37.3 Å². The Bertz CT molecular complexity index is 1100. The van der Waals surface area contributed by atoms with Crippen LogP contribution in [0.4, 0.5) is 5.69 Å². The summed E-state index contributed by atoms with van der Waals surface area (Å²) in [6, 6.07) is 22.8. The van der Waals surface area contributed by atoms with E-state index in [9.17, 15) is 13.2 Å². The molecule has 0 aliphatic heterocycles. The normalized spacial score (nSPS) is 11.0. The maximum atomic E-state index is 12.2. The highest BCUT2D eigenvalue weighted by molar-refractivity contribution is 7.89. The minimum absolute atomic E-state index is 0.150. The molecule has 168 valence electrons. The number of rotatable bonds is 11. The second-order valence-electron chi connectivity index (χ2n) is 7.00. The van der Waals surface area contributed by atoms with Crippen LogP contribution in [0.5, 0.6) is 11.5 Å². The van der Waals surface area contributed by atoms with Crippen LogP contribution in [0.3, 0.4) is 0 Å². The molecule has 1 amide bonds. The van der Waals surface area contributed by atoms with E-state index in [-0.39, 0.29) is 17.4 Å². The maximum absolute atomic E-state index is 12.2. The average Bonchev–Trinajstić information content (AvgIpc) is 2.82. The molecule has 7 nitrogen and oxygen atoms in total. The fourth-order valence-electron chi connectivity index (χ4n) is 2.76. The first-order valence-electron chi connectivity index (χ1n) is 10.3. The lowest BCUT2D eigenvalue weighted by molar-refractivity contribution is -0.118. The van der Waals surface area contributed by atoms with Crippen LogP contribution in [0, 0.1) is 0 Å². The molecular formula is C24H26N2O5S. The van der Waals surface area contributed by atoms with Crippen molar-refractivity contribution in [2.24, 2.45) is 0 Å². The molecule has 2 N–H and O–H groups in total. The predicted molar refractivity (Wildman–Crippen MR) is 123 cm³/mol. The molecule has 0 aromatic heterocycles. The van der Waals surface area contributed by atoms with Gasteiger partial charge in [-0.2, -0.15) is 0 Å². The number of ether oxygens (including phenoxy) is 2. The molecule has 0 unspecified atom stereocenters. The smallest absolute Gasteiger partial charge is 0.262 e. The van der Waals surface area contributed by atoms with Gasteiger partial charge in [0, 0.05) is 12.2 Å². The minimum Gasteiger partial charge on any atom is -0.489 e. The van der Waals surface area contributed by atoms with E-state index in [4.69, 9.17) is 9.47 Å². The van der Waals surface area contributed by atoms with Crippen LogP contribution in [0.2, 0.25) is 0 Å².